The number of para-hydroxylation sites is 2. The lowest BCUT2D eigenvalue weighted by molar-refractivity contribution is -0.120. The van der Waals surface area contributed by atoms with Crippen LogP contribution in [0.25, 0.3) is 6.08 Å². The molecular formula is C29H28N2O3S. The molecule has 1 aliphatic rings. The normalized spacial score (nSPS) is 15.3. The molecule has 0 bridgehead atoms. The minimum Gasteiger partial charge on any atom is -0.493 e. The van der Waals surface area contributed by atoms with Crippen LogP contribution in [0, 0.1) is 19.8 Å². The maximum Gasteiger partial charge on any atom is 0.270 e. The monoisotopic (exact) mass is 484 g/mol. The van der Waals surface area contributed by atoms with Gasteiger partial charge in [-0.05, 0) is 79.5 Å². The molecule has 0 aliphatic carbocycles. The molecule has 0 unspecified atom stereocenters. The van der Waals surface area contributed by atoms with Gasteiger partial charge in [-0.15, -0.1) is 0 Å². The summed E-state index contributed by atoms with van der Waals surface area (Å²) < 4.78 is 5.96. The van der Waals surface area contributed by atoms with Crippen molar-refractivity contribution in [1.29, 1.82) is 0 Å². The standard InChI is InChI=1S/C29H28N2O3S/c1-19(2)18-34-26-13-9-8-10-22(26)17-25-27(32)30(23-11-6-5-7-12-23)29(35)31(28(25)33)24-15-14-20(3)21(4)16-24/h5-17,19H,18H2,1-4H3/b25-17-. The summed E-state index contributed by atoms with van der Waals surface area (Å²) >= 11 is 5.71. The van der Waals surface area contributed by atoms with Crippen LogP contribution >= 0.6 is 12.2 Å². The molecule has 4 rings (SSSR count). The molecule has 6 heteroatoms. The van der Waals surface area contributed by atoms with E-state index in [0.29, 0.717) is 35.2 Å². The Balaban J connectivity index is 1.85. The third-order valence-electron chi connectivity index (χ3n) is 5.80. The molecule has 3 aromatic carbocycles. The number of nitrogens with zero attached hydrogens (tertiary/aromatic N) is 2. The number of aryl methyl sites for hydroxylation is 2. The Labute approximate surface area is 211 Å². The zero-order chi connectivity index (χ0) is 25.1. The van der Waals surface area contributed by atoms with E-state index in [1.165, 1.54) is 9.80 Å². The Bertz CT molecular complexity index is 1310. The van der Waals surface area contributed by atoms with Crippen LogP contribution in [-0.2, 0) is 9.59 Å². The topological polar surface area (TPSA) is 49.9 Å². The van der Waals surface area contributed by atoms with Crippen LogP contribution in [0.4, 0.5) is 11.4 Å². The summed E-state index contributed by atoms with van der Waals surface area (Å²) in [4.78, 5) is 30.3. The third-order valence-corrected chi connectivity index (χ3v) is 6.17. The van der Waals surface area contributed by atoms with Gasteiger partial charge in [0.05, 0.1) is 18.0 Å². The van der Waals surface area contributed by atoms with E-state index < -0.39 is 11.8 Å². The van der Waals surface area contributed by atoms with Gasteiger partial charge in [-0.25, -0.2) is 0 Å². The molecule has 2 amide bonds. The van der Waals surface area contributed by atoms with E-state index in [-0.39, 0.29) is 10.7 Å². The lowest BCUT2D eigenvalue weighted by Crippen LogP contribution is -2.57. The highest BCUT2D eigenvalue weighted by molar-refractivity contribution is 7.81. The number of hydrogen-bond acceptors (Lipinski definition) is 4. The highest BCUT2D eigenvalue weighted by Gasteiger charge is 2.41. The number of carbonyl (C=O) groups is 2. The second-order valence-electron chi connectivity index (χ2n) is 8.97. The molecule has 0 saturated carbocycles. The van der Waals surface area contributed by atoms with Crippen LogP contribution in [0.1, 0.15) is 30.5 Å². The Morgan fingerprint density at radius 1 is 0.829 bits per heavy atom. The van der Waals surface area contributed by atoms with Gasteiger partial charge < -0.3 is 4.74 Å². The van der Waals surface area contributed by atoms with Gasteiger partial charge >= 0.3 is 0 Å². The quantitative estimate of drug-likeness (QED) is 0.241. The molecular weight excluding hydrogens is 456 g/mol. The van der Waals surface area contributed by atoms with E-state index in [1.54, 1.807) is 18.2 Å². The number of carbonyl (C=O) groups excluding carboxylic acids is 2. The molecule has 5 nitrogen and oxygen atoms in total. The van der Waals surface area contributed by atoms with E-state index in [0.717, 1.165) is 11.1 Å². The van der Waals surface area contributed by atoms with Crippen LogP contribution in [0.5, 0.6) is 5.75 Å². The van der Waals surface area contributed by atoms with Crippen molar-refractivity contribution in [3.8, 4) is 5.75 Å². The van der Waals surface area contributed by atoms with Crippen LogP contribution in [0.3, 0.4) is 0 Å². The van der Waals surface area contributed by atoms with Crippen molar-refractivity contribution in [3.63, 3.8) is 0 Å². The molecule has 35 heavy (non-hydrogen) atoms. The number of thiocarbonyl (C=S) groups is 1. The van der Waals surface area contributed by atoms with Crippen LogP contribution < -0.4 is 14.5 Å². The van der Waals surface area contributed by atoms with Crippen molar-refractivity contribution in [3.05, 3.63) is 95.1 Å². The zero-order valence-corrected chi connectivity index (χ0v) is 21.1. The molecule has 0 atom stereocenters. The SMILES string of the molecule is Cc1ccc(N2C(=O)/C(=C\c3ccccc3OCC(C)C)C(=O)N(c3ccccc3)C2=S)cc1C. The molecule has 1 fully saturated rings. The lowest BCUT2D eigenvalue weighted by atomic mass is 10.0. The number of rotatable bonds is 6. The first-order valence-corrected chi connectivity index (χ1v) is 12.0. The predicted octanol–water partition coefficient (Wildman–Crippen LogP) is 6.09. The van der Waals surface area contributed by atoms with Crippen molar-refractivity contribution < 1.29 is 14.3 Å². The van der Waals surface area contributed by atoms with E-state index in [1.807, 2.05) is 74.5 Å². The van der Waals surface area contributed by atoms with Crippen molar-refractivity contribution >= 4 is 46.6 Å². The van der Waals surface area contributed by atoms with Crippen molar-refractivity contribution in [2.45, 2.75) is 27.7 Å². The number of hydrogen-bond donors (Lipinski definition) is 0. The Morgan fingerprint density at radius 2 is 1.46 bits per heavy atom. The predicted molar refractivity (Wildman–Crippen MR) is 145 cm³/mol. The van der Waals surface area contributed by atoms with Gasteiger partial charge in [0.25, 0.3) is 11.8 Å². The van der Waals surface area contributed by atoms with Gasteiger partial charge in [-0.2, -0.15) is 0 Å². The fourth-order valence-electron chi connectivity index (χ4n) is 3.77. The molecule has 0 N–H and O–H groups in total. The molecule has 1 aliphatic heterocycles. The largest absolute Gasteiger partial charge is 0.493 e. The number of amides is 2. The summed E-state index contributed by atoms with van der Waals surface area (Å²) in [5.41, 5.74) is 4.02. The van der Waals surface area contributed by atoms with Crippen molar-refractivity contribution in [1.82, 2.24) is 0 Å². The molecule has 3 aromatic rings. The average molecular weight is 485 g/mol. The van der Waals surface area contributed by atoms with E-state index in [9.17, 15) is 9.59 Å². The molecule has 0 aromatic heterocycles. The molecule has 178 valence electrons. The fraction of sp³-hybridized carbons (Fsp3) is 0.207. The van der Waals surface area contributed by atoms with Gasteiger partial charge in [-0.1, -0.05) is 56.3 Å². The Hall–Kier alpha value is -3.77. The summed E-state index contributed by atoms with van der Waals surface area (Å²) in [6.45, 7) is 8.64. The average Bonchev–Trinajstić information content (AvgIpc) is 2.84. The second kappa shape index (κ2) is 10.2. The van der Waals surface area contributed by atoms with Crippen LogP contribution in [0.15, 0.2) is 78.4 Å². The van der Waals surface area contributed by atoms with Gasteiger partial charge in [0.1, 0.15) is 11.3 Å². The lowest BCUT2D eigenvalue weighted by Gasteiger charge is -2.36. The Kier molecular flexibility index (Phi) is 7.12. The highest BCUT2D eigenvalue weighted by Crippen LogP contribution is 2.32. The van der Waals surface area contributed by atoms with E-state index >= 15 is 0 Å². The number of ether oxygens (including phenoxy) is 1. The molecule has 0 radical (unpaired) electrons. The maximum atomic E-state index is 13.8. The first-order chi connectivity index (χ1) is 16.8. The highest BCUT2D eigenvalue weighted by atomic mass is 32.1. The summed E-state index contributed by atoms with van der Waals surface area (Å²) in [7, 11) is 0. The summed E-state index contributed by atoms with van der Waals surface area (Å²) in [6.07, 6.45) is 1.60. The first-order valence-electron chi connectivity index (χ1n) is 11.6. The van der Waals surface area contributed by atoms with E-state index in [2.05, 4.69) is 13.8 Å². The van der Waals surface area contributed by atoms with Gasteiger partial charge in [-0.3, -0.25) is 19.4 Å². The third kappa shape index (κ3) is 5.03. The summed E-state index contributed by atoms with van der Waals surface area (Å²) in [5, 5.41) is 0.121. The summed E-state index contributed by atoms with van der Waals surface area (Å²) in [6, 6.07) is 22.2. The maximum absolute atomic E-state index is 13.8. The molecule has 1 heterocycles. The molecule has 1 saturated heterocycles. The van der Waals surface area contributed by atoms with Gasteiger partial charge in [0, 0.05) is 5.56 Å². The molecule has 0 spiro atoms. The Morgan fingerprint density at radius 3 is 2.11 bits per heavy atom. The fourth-order valence-corrected chi connectivity index (χ4v) is 4.15. The van der Waals surface area contributed by atoms with Crippen LogP contribution in [0.2, 0.25) is 0 Å². The minimum absolute atomic E-state index is 0.0151. The first kappa shape index (κ1) is 24.4. The van der Waals surface area contributed by atoms with Crippen LogP contribution in [-0.4, -0.2) is 23.5 Å². The number of anilines is 2. The van der Waals surface area contributed by atoms with E-state index in [4.69, 9.17) is 17.0 Å². The van der Waals surface area contributed by atoms with Crippen molar-refractivity contribution in [2.24, 2.45) is 5.92 Å². The van der Waals surface area contributed by atoms with Gasteiger partial charge in [0.2, 0.25) is 0 Å². The summed E-state index contributed by atoms with van der Waals surface area (Å²) in [5.74, 6) is 0.0188. The van der Waals surface area contributed by atoms with Crippen molar-refractivity contribution in [2.75, 3.05) is 16.4 Å². The zero-order valence-electron chi connectivity index (χ0n) is 20.3. The smallest absolute Gasteiger partial charge is 0.270 e. The number of benzene rings is 3. The second-order valence-corrected chi connectivity index (χ2v) is 9.33. The minimum atomic E-state index is -0.468. The van der Waals surface area contributed by atoms with Gasteiger partial charge in [0.15, 0.2) is 5.11 Å².